The zero-order chi connectivity index (χ0) is 18.8. The van der Waals surface area contributed by atoms with E-state index in [2.05, 4.69) is 6.58 Å². The average Bonchev–Trinajstić information content (AvgIpc) is 2.52. The number of ether oxygens (including phenoxy) is 1. The third-order valence-electron chi connectivity index (χ3n) is 3.74. The van der Waals surface area contributed by atoms with Gasteiger partial charge in [0.15, 0.2) is 11.6 Å². The van der Waals surface area contributed by atoms with Crippen molar-refractivity contribution in [1.29, 1.82) is 0 Å². The summed E-state index contributed by atoms with van der Waals surface area (Å²) in [6.07, 6.45) is 2.48. The van der Waals surface area contributed by atoms with Crippen LogP contribution in [-0.4, -0.2) is 9.79 Å². The Kier molecular flexibility index (Phi) is 5.78. The number of aryl methyl sites for hydroxylation is 3. The summed E-state index contributed by atoms with van der Waals surface area (Å²) in [5.74, 6) is -2.12. The molecule has 2 aromatic carbocycles. The Labute approximate surface area is 144 Å². The monoisotopic (exact) mass is 368 g/mol. The summed E-state index contributed by atoms with van der Waals surface area (Å²) in [6.45, 7) is 6.70. The van der Waals surface area contributed by atoms with Crippen molar-refractivity contribution in [3.63, 3.8) is 0 Å². The van der Waals surface area contributed by atoms with E-state index < -0.39 is 19.2 Å². The molecule has 7 heteroatoms. The fourth-order valence-electron chi connectivity index (χ4n) is 2.47. The zero-order valence-electron chi connectivity index (χ0n) is 13.9. The first-order valence-electron chi connectivity index (χ1n) is 7.58. The molecule has 4 nitrogen and oxygen atoms in total. The molecule has 0 amide bonds. The van der Waals surface area contributed by atoms with Crippen molar-refractivity contribution in [2.24, 2.45) is 0 Å². The first-order chi connectivity index (χ1) is 11.6. The predicted molar refractivity (Wildman–Crippen MR) is 92.5 cm³/mol. The lowest BCUT2D eigenvalue weighted by Crippen LogP contribution is -2.07. The smallest absolute Gasteiger partial charge is 0.356 e. The van der Waals surface area contributed by atoms with Crippen molar-refractivity contribution in [2.75, 3.05) is 0 Å². The molecule has 2 N–H and O–H groups in total. The highest BCUT2D eigenvalue weighted by molar-refractivity contribution is 7.60. The molecule has 0 aromatic heterocycles. The quantitative estimate of drug-likeness (QED) is 0.590. The third-order valence-corrected chi connectivity index (χ3v) is 4.67. The Bertz CT molecular complexity index is 835. The number of allylic oxidation sites excluding steroid dienone is 1. The largest absolute Gasteiger partial charge is 0.454 e. The number of rotatable bonds is 6. The Morgan fingerprint density at radius 2 is 1.76 bits per heavy atom. The van der Waals surface area contributed by atoms with Crippen molar-refractivity contribution in [2.45, 2.75) is 26.7 Å². The van der Waals surface area contributed by atoms with Gasteiger partial charge in [-0.25, -0.2) is 4.39 Å². The molecule has 0 unspecified atom stereocenters. The minimum absolute atomic E-state index is 0.152. The van der Waals surface area contributed by atoms with Crippen LogP contribution >= 0.6 is 7.60 Å². The van der Waals surface area contributed by atoms with Crippen LogP contribution in [0.25, 0.3) is 0 Å². The van der Waals surface area contributed by atoms with E-state index in [4.69, 9.17) is 4.74 Å². The molecule has 2 aromatic rings. The van der Waals surface area contributed by atoms with Gasteiger partial charge in [0.2, 0.25) is 5.82 Å². The Hall–Kier alpha value is -2.01. The van der Waals surface area contributed by atoms with Crippen LogP contribution in [0.1, 0.15) is 23.1 Å². The van der Waals surface area contributed by atoms with Crippen molar-refractivity contribution < 1.29 is 27.9 Å². The highest BCUT2D eigenvalue weighted by atomic mass is 31.2. The van der Waals surface area contributed by atoms with E-state index in [1.165, 1.54) is 24.3 Å². The highest BCUT2D eigenvalue weighted by Gasteiger charge is 2.21. The van der Waals surface area contributed by atoms with Gasteiger partial charge in [-0.3, -0.25) is 4.57 Å². The molecule has 0 spiro atoms. The van der Waals surface area contributed by atoms with Crippen LogP contribution in [0.2, 0.25) is 0 Å². The fraction of sp³-hybridized carbons (Fsp3) is 0.222. The Balaban J connectivity index is 2.39. The molecule has 0 atom stereocenters. The van der Waals surface area contributed by atoms with Crippen molar-refractivity contribution in [3.05, 3.63) is 65.2 Å². The van der Waals surface area contributed by atoms with Crippen LogP contribution in [-0.2, 0) is 11.0 Å². The first-order valence-corrected chi connectivity index (χ1v) is 9.19. The summed E-state index contributed by atoms with van der Waals surface area (Å²) in [5.41, 5.74) is 1.05. The Morgan fingerprint density at radius 3 is 2.28 bits per heavy atom. The molecule has 0 saturated heterocycles. The molecule has 0 aliphatic heterocycles. The maximum absolute atomic E-state index is 14.3. The van der Waals surface area contributed by atoms with Gasteiger partial charge < -0.3 is 14.5 Å². The maximum atomic E-state index is 14.3. The molecule has 0 bridgehead atoms. The molecule has 2 rings (SSSR count). The van der Waals surface area contributed by atoms with Crippen LogP contribution in [0.15, 0.2) is 36.9 Å². The maximum Gasteiger partial charge on any atom is 0.356 e. The molecule has 0 aliphatic carbocycles. The zero-order valence-corrected chi connectivity index (χ0v) is 14.8. The van der Waals surface area contributed by atoms with Gasteiger partial charge in [0, 0.05) is 0 Å². The van der Waals surface area contributed by atoms with Crippen LogP contribution in [0.4, 0.5) is 8.78 Å². The summed E-state index contributed by atoms with van der Waals surface area (Å²) in [6, 6.07) is 5.34. The second-order valence-electron chi connectivity index (χ2n) is 5.73. The molecule has 25 heavy (non-hydrogen) atoms. The summed E-state index contributed by atoms with van der Waals surface area (Å²) < 4.78 is 45.2. The lowest BCUT2D eigenvalue weighted by Gasteiger charge is -2.15. The molecule has 0 saturated carbocycles. The molecular weight excluding hydrogens is 349 g/mol. The van der Waals surface area contributed by atoms with Gasteiger partial charge in [-0.1, -0.05) is 12.1 Å². The lowest BCUT2D eigenvalue weighted by atomic mass is 10.1. The molecule has 0 heterocycles. The number of halogens is 2. The van der Waals surface area contributed by atoms with Gasteiger partial charge in [-0.2, -0.15) is 4.39 Å². The van der Waals surface area contributed by atoms with E-state index in [1.807, 2.05) is 0 Å². The van der Waals surface area contributed by atoms with E-state index in [9.17, 15) is 23.1 Å². The minimum Gasteiger partial charge on any atom is -0.454 e. The Morgan fingerprint density at radius 1 is 1.16 bits per heavy atom. The standard InChI is InChI=1S/C18H19F2O4P/c1-4-5-6-13-7-8-15(17(20)16(13)19)24-18-11(2)9-14(10-12(18)3)25(21,22)23/h4,7-10H,1,5-6H2,2-3H3,(H2,21,22,23). The van der Waals surface area contributed by atoms with Gasteiger partial charge in [-0.05, 0) is 61.6 Å². The number of hydrogen-bond acceptors (Lipinski definition) is 2. The van der Waals surface area contributed by atoms with E-state index in [0.717, 1.165) is 0 Å². The van der Waals surface area contributed by atoms with Crippen molar-refractivity contribution >= 4 is 12.9 Å². The van der Waals surface area contributed by atoms with Crippen LogP contribution in [0.3, 0.4) is 0 Å². The second-order valence-corrected chi connectivity index (χ2v) is 7.34. The third kappa shape index (κ3) is 4.34. The van der Waals surface area contributed by atoms with Crippen LogP contribution in [0, 0.1) is 25.5 Å². The van der Waals surface area contributed by atoms with E-state index >= 15 is 0 Å². The van der Waals surface area contributed by atoms with Gasteiger partial charge in [-0.15, -0.1) is 6.58 Å². The molecule has 0 aliphatic rings. The van der Waals surface area contributed by atoms with Gasteiger partial charge in [0.05, 0.1) is 5.30 Å². The normalized spacial score (nSPS) is 11.4. The molecule has 0 radical (unpaired) electrons. The van der Waals surface area contributed by atoms with Gasteiger partial charge >= 0.3 is 7.60 Å². The van der Waals surface area contributed by atoms with E-state index in [-0.39, 0.29) is 22.4 Å². The number of benzene rings is 2. The van der Waals surface area contributed by atoms with Gasteiger partial charge in [0.1, 0.15) is 5.75 Å². The summed E-state index contributed by atoms with van der Waals surface area (Å²) in [4.78, 5) is 18.5. The van der Waals surface area contributed by atoms with Gasteiger partial charge in [0.25, 0.3) is 0 Å². The summed E-state index contributed by atoms with van der Waals surface area (Å²) in [5, 5.41) is -0.152. The lowest BCUT2D eigenvalue weighted by molar-refractivity contribution is 0.387. The molecule has 0 fully saturated rings. The first kappa shape index (κ1) is 19.3. The van der Waals surface area contributed by atoms with Crippen molar-refractivity contribution in [3.8, 4) is 11.5 Å². The summed E-state index contributed by atoms with van der Waals surface area (Å²) >= 11 is 0. The van der Waals surface area contributed by atoms with Crippen molar-refractivity contribution in [1.82, 2.24) is 0 Å². The predicted octanol–water partition coefficient (Wildman–Crippen LogP) is 4.30. The summed E-state index contributed by atoms with van der Waals surface area (Å²) in [7, 11) is -4.41. The number of hydrogen-bond donors (Lipinski definition) is 2. The van der Waals surface area contributed by atoms with Crippen LogP contribution in [0.5, 0.6) is 11.5 Å². The molecular formula is C18H19F2O4P. The second kappa shape index (κ2) is 7.48. The topological polar surface area (TPSA) is 66.8 Å². The average molecular weight is 368 g/mol. The SMILES string of the molecule is C=CCCc1ccc(Oc2c(C)cc(P(=O)(O)O)cc2C)c(F)c1F. The van der Waals surface area contributed by atoms with Crippen LogP contribution < -0.4 is 10.0 Å². The highest BCUT2D eigenvalue weighted by Crippen LogP contribution is 2.38. The minimum atomic E-state index is -4.41. The molecule has 134 valence electrons. The van der Waals surface area contributed by atoms with E-state index in [1.54, 1.807) is 19.9 Å². The van der Waals surface area contributed by atoms with E-state index in [0.29, 0.717) is 24.0 Å². The fourth-order valence-corrected chi connectivity index (χ4v) is 3.19.